The van der Waals surface area contributed by atoms with E-state index in [9.17, 15) is 4.79 Å². The van der Waals surface area contributed by atoms with Crippen LogP contribution in [-0.4, -0.2) is 29.7 Å². The van der Waals surface area contributed by atoms with Gasteiger partial charge in [0.15, 0.2) is 0 Å². The van der Waals surface area contributed by atoms with E-state index in [1.807, 2.05) is 27.7 Å². The lowest BCUT2D eigenvalue weighted by Crippen LogP contribution is -2.38. The van der Waals surface area contributed by atoms with Crippen molar-refractivity contribution in [1.29, 1.82) is 0 Å². The topological polar surface area (TPSA) is 29.5 Å². The number of carbonyl (C=O) groups excluding carboxylic acids is 1. The Bertz CT molecular complexity index is 266. The van der Waals surface area contributed by atoms with Crippen molar-refractivity contribution in [3.8, 4) is 0 Å². The lowest BCUT2D eigenvalue weighted by molar-refractivity contribution is 0.0264. The van der Waals surface area contributed by atoms with E-state index < -0.39 is 5.60 Å². The molecule has 0 unspecified atom stereocenters. The highest BCUT2D eigenvalue weighted by molar-refractivity contribution is 5.68. The van der Waals surface area contributed by atoms with Crippen LogP contribution >= 0.6 is 0 Å². The molecule has 3 nitrogen and oxygen atoms in total. The number of hydrogen-bond donors (Lipinski definition) is 0. The predicted molar refractivity (Wildman–Crippen MR) is 76.8 cm³/mol. The molecule has 106 valence electrons. The fourth-order valence-corrected chi connectivity index (χ4v) is 1.62. The van der Waals surface area contributed by atoms with Crippen LogP contribution in [0, 0.1) is 0 Å². The van der Waals surface area contributed by atoms with Gasteiger partial charge in [0.05, 0.1) is 0 Å². The Hall–Kier alpha value is -0.990. The Balaban J connectivity index is 4.29. The number of nitrogens with zero attached hydrogens (tertiary/aromatic N) is 1. The molecule has 0 N–H and O–H groups in total. The minimum Gasteiger partial charge on any atom is -0.444 e. The minimum atomic E-state index is -0.437. The molecule has 0 radical (unpaired) electrons. The molecule has 0 aromatic heterocycles. The van der Waals surface area contributed by atoms with E-state index in [4.69, 9.17) is 4.74 Å². The van der Waals surface area contributed by atoms with E-state index in [0.717, 1.165) is 25.0 Å². The summed E-state index contributed by atoms with van der Waals surface area (Å²) in [7, 11) is 0. The van der Waals surface area contributed by atoms with Crippen molar-refractivity contribution in [2.24, 2.45) is 0 Å². The first-order valence-electron chi connectivity index (χ1n) is 6.88. The number of ether oxygens (including phenoxy) is 1. The fraction of sp³-hybridized carbons (Fsp3) is 0.800. The van der Waals surface area contributed by atoms with Crippen LogP contribution in [0.4, 0.5) is 4.79 Å². The lowest BCUT2D eigenvalue weighted by atomic mass is 10.2. The van der Waals surface area contributed by atoms with Crippen LogP contribution in [0.5, 0.6) is 0 Å². The molecule has 0 spiro atoms. The van der Waals surface area contributed by atoms with Crippen molar-refractivity contribution < 1.29 is 9.53 Å². The molecule has 1 amide bonds. The molecule has 0 aliphatic heterocycles. The molecule has 0 bridgehead atoms. The van der Waals surface area contributed by atoms with Gasteiger partial charge in [0.2, 0.25) is 0 Å². The SMILES string of the molecule is C=C(C)CN(CCCCCC)C(=O)OC(C)(C)C. The summed E-state index contributed by atoms with van der Waals surface area (Å²) in [5.74, 6) is 0. The Morgan fingerprint density at radius 2 is 1.83 bits per heavy atom. The summed E-state index contributed by atoms with van der Waals surface area (Å²) in [6.07, 6.45) is 4.37. The lowest BCUT2D eigenvalue weighted by Gasteiger charge is -2.27. The highest BCUT2D eigenvalue weighted by Crippen LogP contribution is 2.12. The van der Waals surface area contributed by atoms with Crippen molar-refractivity contribution in [1.82, 2.24) is 4.90 Å². The first-order chi connectivity index (χ1) is 8.26. The third-order valence-electron chi connectivity index (χ3n) is 2.39. The molecule has 0 fully saturated rings. The van der Waals surface area contributed by atoms with Gasteiger partial charge in [0, 0.05) is 13.1 Å². The van der Waals surface area contributed by atoms with Crippen molar-refractivity contribution >= 4 is 6.09 Å². The summed E-state index contributed by atoms with van der Waals surface area (Å²) < 4.78 is 5.40. The summed E-state index contributed by atoms with van der Waals surface area (Å²) in [6, 6.07) is 0. The number of rotatable bonds is 7. The maximum Gasteiger partial charge on any atom is 0.410 e. The van der Waals surface area contributed by atoms with E-state index in [1.165, 1.54) is 12.8 Å². The van der Waals surface area contributed by atoms with E-state index in [0.29, 0.717) is 6.54 Å². The smallest absolute Gasteiger partial charge is 0.410 e. The highest BCUT2D eigenvalue weighted by atomic mass is 16.6. The van der Waals surface area contributed by atoms with Crippen LogP contribution in [0.1, 0.15) is 60.3 Å². The normalized spacial score (nSPS) is 11.2. The first-order valence-corrected chi connectivity index (χ1v) is 6.88. The summed E-state index contributed by atoms with van der Waals surface area (Å²) in [5.41, 5.74) is 0.546. The summed E-state index contributed by atoms with van der Waals surface area (Å²) in [4.78, 5) is 13.8. The third kappa shape index (κ3) is 9.08. The van der Waals surface area contributed by atoms with Crippen LogP contribution in [-0.2, 0) is 4.74 Å². The quantitative estimate of drug-likeness (QED) is 0.499. The van der Waals surface area contributed by atoms with Crippen LogP contribution in [0.15, 0.2) is 12.2 Å². The Morgan fingerprint density at radius 1 is 1.22 bits per heavy atom. The van der Waals surface area contributed by atoms with Gasteiger partial charge < -0.3 is 9.64 Å². The van der Waals surface area contributed by atoms with Gasteiger partial charge in [-0.2, -0.15) is 0 Å². The van der Waals surface area contributed by atoms with Crippen LogP contribution in [0.25, 0.3) is 0 Å². The van der Waals surface area contributed by atoms with Crippen molar-refractivity contribution in [2.45, 2.75) is 65.9 Å². The van der Waals surface area contributed by atoms with Gasteiger partial charge in [0.1, 0.15) is 5.60 Å². The molecule has 0 aromatic rings. The zero-order chi connectivity index (χ0) is 14.2. The van der Waals surface area contributed by atoms with E-state index in [-0.39, 0.29) is 6.09 Å². The monoisotopic (exact) mass is 255 g/mol. The van der Waals surface area contributed by atoms with Crippen LogP contribution in [0.2, 0.25) is 0 Å². The fourth-order valence-electron chi connectivity index (χ4n) is 1.62. The summed E-state index contributed by atoms with van der Waals surface area (Å²) in [5, 5.41) is 0. The third-order valence-corrected chi connectivity index (χ3v) is 2.39. The van der Waals surface area contributed by atoms with Gasteiger partial charge in [-0.1, -0.05) is 38.3 Å². The molecule has 0 aromatic carbocycles. The van der Waals surface area contributed by atoms with Gasteiger partial charge in [0.25, 0.3) is 0 Å². The predicted octanol–water partition coefficient (Wildman–Crippen LogP) is 4.38. The molecule has 3 heteroatoms. The van der Waals surface area contributed by atoms with E-state index in [2.05, 4.69) is 13.5 Å². The zero-order valence-electron chi connectivity index (χ0n) is 12.7. The van der Waals surface area contributed by atoms with Gasteiger partial charge in [-0.25, -0.2) is 4.79 Å². The number of carbonyl (C=O) groups is 1. The molecule has 0 saturated carbocycles. The van der Waals surface area contributed by atoms with Crippen LogP contribution in [0.3, 0.4) is 0 Å². The largest absolute Gasteiger partial charge is 0.444 e. The van der Waals surface area contributed by atoms with E-state index >= 15 is 0 Å². The average molecular weight is 255 g/mol. The second-order valence-corrected chi connectivity index (χ2v) is 5.92. The zero-order valence-corrected chi connectivity index (χ0v) is 12.7. The first kappa shape index (κ1) is 17.0. The molecule has 0 aliphatic rings. The summed E-state index contributed by atoms with van der Waals surface area (Å²) >= 11 is 0. The maximum absolute atomic E-state index is 12.0. The molecule has 0 rings (SSSR count). The Kier molecular flexibility index (Phi) is 7.72. The molecular weight excluding hydrogens is 226 g/mol. The van der Waals surface area contributed by atoms with Crippen LogP contribution < -0.4 is 0 Å². The van der Waals surface area contributed by atoms with Gasteiger partial charge in [-0.3, -0.25) is 0 Å². The Labute approximate surface area is 112 Å². The van der Waals surface area contributed by atoms with Crippen molar-refractivity contribution in [3.05, 3.63) is 12.2 Å². The van der Waals surface area contributed by atoms with Gasteiger partial charge in [-0.05, 0) is 34.1 Å². The molecular formula is C15H29NO2. The highest BCUT2D eigenvalue weighted by Gasteiger charge is 2.21. The van der Waals surface area contributed by atoms with Gasteiger partial charge in [-0.15, -0.1) is 0 Å². The second kappa shape index (κ2) is 8.17. The maximum atomic E-state index is 12.0. The van der Waals surface area contributed by atoms with Crippen molar-refractivity contribution in [2.75, 3.05) is 13.1 Å². The van der Waals surface area contributed by atoms with Gasteiger partial charge >= 0.3 is 6.09 Å². The van der Waals surface area contributed by atoms with E-state index in [1.54, 1.807) is 4.90 Å². The standard InChI is InChI=1S/C15H29NO2/c1-7-8-9-10-11-16(12-13(2)3)14(17)18-15(4,5)6/h2,7-12H2,1,3-6H3. The molecule has 0 aliphatic carbocycles. The second-order valence-electron chi connectivity index (χ2n) is 5.92. The molecule has 18 heavy (non-hydrogen) atoms. The molecule has 0 heterocycles. The van der Waals surface area contributed by atoms with Crippen molar-refractivity contribution in [3.63, 3.8) is 0 Å². The molecule has 0 atom stereocenters. The number of amides is 1. The Morgan fingerprint density at radius 3 is 2.28 bits per heavy atom. The average Bonchev–Trinajstić information content (AvgIpc) is 2.19. The minimum absolute atomic E-state index is 0.234. The molecule has 0 saturated heterocycles. The number of unbranched alkanes of at least 4 members (excludes halogenated alkanes) is 3. The summed E-state index contributed by atoms with van der Waals surface area (Å²) in [6.45, 7) is 15.0. The number of hydrogen-bond acceptors (Lipinski definition) is 2.